The van der Waals surface area contributed by atoms with Crippen LogP contribution in [0.25, 0.3) is 22.8 Å². The summed E-state index contributed by atoms with van der Waals surface area (Å²) in [6.45, 7) is 0. The molecule has 3 aromatic heterocycles. The standard InChI is InChI=1S/C21H17ClFN5S/c22-17-10-13(23)7-8-16(17)19-11-14(4-3-5-15-12-26-21(24)29-15)27-20(28-19)18-6-1-2-9-25-18/h1-2,6-12H,3-5H2,(H2,24,26). The van der Waals surface area contributed by atoms with Gasteiger partial charge in [-0.15, -0.1) is 11.3 Å². The van der Waals surface area contributed by atoms with Crippen LogP contribution in [0.4, 0.5) is 9.52 Å². The van der Waals surface area contributed by atoms with Gasteiger partial charge in [0.25, 0.3) is 0 Å². The topological polar surface area (TPSA) is 77.6 Å². The number of hydrogen-bond acceptors (Lipinski definition) is 6. The molecule has 8 heteroatoms. The smallest absolute Gasteiger partial charge is 0.180 e. The van der Waals surface area contributed by atoms with Crippen molar-refractivity contribution in [2.45, 2.75) is 19.3 Å². The third-order valence-electron chi connectivity index (χ3n) is 4.31. The zero-order valence-electron chi connectivity index (χ0n) is 15.3. The largest absolute Gasteiger partial charge is 0.375 e. The lowest BCUT2D eigenvalue weighted by molar-refractivity contribution is 0.628. The molecule has 0 bridgehead atoms. The van der Waals surface area contributed by atoms with Crippen LogP contribution in [0.2, 0.25) is 5.02 Å². The Bertz CT molecular complexity index is 1130. The molecule has 29 heavy (non-hydrogen) atoms. The molecular weight excluding hydrogens is 409 g/mol. The van der Waals surface area contributed by atoms with Crippen molar-refractivity contribution in [1.82, 2.24) is 19.9 Å². The normalized spacial score (nSPS) is 11.0. The number of pyridine rings is 1. The zero-order valence-corrected chi connectivity index (χ0v) is 16.9. The number of aromatic nitrogens is 4. The zero-order chi connectivity index (χ0) is 20.2. The van der Waals surface area contributed by atoms with Gasteiger partial charge in [-0.25, -0.2) is 19.3 Å². The van der Waals surface area contributed by atoms with Crippen molar-refractivity contribution in [3.8, 4) is 22.8 Å². The highest BCUT2D eigenvalue weighted by Gasteiger charge is 2.13. The fourth-order valence-electron chi connectivity index (χ4n) is 2.95. The minimum absolute atomic E-state index is 0.307. The van der Waals surface area contributed by atoms with E-state index in [9.17, 15) is 4.39 Å². The van der Waals surface area contributed by atoms with Gasteiger partial charge in [0.05, 0.1) is 10.7 Å². The number of nitrogen functional groups attached to an aromatic ring is 1. The quantitative estimate of drug-likeness (QED) is 0.458. The van der Waals surface area contributed by atoms with Crippen molar-refractivity contribution in [3.63, 3.8) is 0 Å². The Morgan fingerprint density at radius 2 is 1.90 bits per heavy atom. The summed E-state index contributed by atoms with van der Waals surface area (Å²) in [7, 11) is 0. The molecule has 5 nitrogen and oxygen atoms in total. The number of anilines is 1. The van der Waals surface area contributed by atoms with E-state index in [4.69, 9.17) is 17.3 Å². The summed E-state index contributed by atoms with van der Waals surface area (Å²) in [4.78, 5) is 18.9. The first-order valence-corrected chi connectivity index (χ1v) is 10.2. The maximum absolute atomic E-state index is 13.5. The van der Waals surface area contributed by atoms with Crippen molar-refractivity contribution in [2.75, 3.05) is 5.73 Å². The van der Waals surface area contributed by atoms with E-state index in [1.165, 1.54) is 23.5 Å². The van der Waals surface area contributed by atoms with E-state index in [-0.39, 0.29) is 5.82 Å². The van der Waals surface area contributed by atoms with Gasteiger partial charge in [-0.1, -0.05) is 17.7 Å². The molecule has 0 unspecified atom stereocenters. The van der Waals surface area contributed by atoms with Crippen LogP contribution >= 0.6 is 22.9 Å². The lowest BCUT2D eigenvalue weighted by atomic mass is 10.1. The maximum Gasteiger partial charge on any atom is 0.180 e. The Kier molecular flexibility index (Phi) is 5.78. The Balaban J connectivity index is 1.66. The summed E-state index contributed by atoms with van der Waals surface area (Å²) in [6, 6.07) is 11.8. The number of halogens is 2. The fourth-order valence-corrected chi connectivity index (χ4v) is 3.94. The summed E-state index contributed by atoms with van der Waals surface area (Å²) in [5.41, 5.74) is 8.53. The van der Waals surface area contributed by atoms with Gasteiger partial charge in [0, 0.05) is 28.5 Å². The molecule has 0 fully saturated rings. The first-order chi connectivity index (χ1) is 14.1. The lowest BCUT2D eigenvalue weighted by Crippen LogP contribution is -2.00. The highest BCUT2D eigenvalue weighted by Crippen LogP contribution is 2.29. The van der Waals surface area contributed by atoms with E-state index < -0.39 is 0 Å². The lowest BCUT2D eigenvalue weighted by Gasteiger charge is -2.09. The van der Waals surface area contributed by atoms with Crippen LogP contribution in [0.3, 0.4) is 0 Å². The van der Waals surface area contributed by atoms with Crippen molar-refractivity contribution >= 4 is 28.1 Å². The molecule has 0 amide bonds. The minimum Gasteiger partial charge on any atom is -0.375 e. The van der Waals surface area contributed by atoms with Crippen LogP contribution in [0.5, 0.6) is 0 Å². The molecule has 0 atom stereocenters. The van der Waals surface area contributed by atoms with Crippen molar-refractivity contribution in [3.05, 3.63) is 76.3 Å². The molecule has 146 valence electrons. The Morgan fingerprint density at radius 3 is 2.62 bits per heavy atom. The van der Waals surface area contributed by atoms with E-state index in [0.717, 1.165) is 29.8 Å². The Morgan fingerprint density at radius 1 is 1.00 bits per heavy atom. The molecule has 0 aliphatic heterocycles. The second-order valence-electron chi connectivity index (χ2n) is 6.43. The molecule has 4 aromatic rings. The summed E-state index contributed by atoms with van der Waals surface area (Å²) < 4.78 is 13.5. The number of aryl methyl sites for hydroxylation is 2. The van der Waals surface area contributed by atoms with Gasteiger partial charge < -0.3 is 5.73 Å². The van der Waals surface area contributed by atoms with E-state index in [1.807, 2.05) is 30.5 Å². The maximum atomic E-state index is 13.5. The average molecular weight is 426 g/mol. The SMILES string of the molecule is Nc1ncc(CCCc2cc(-c3ccc(F)cc3Cl)nc(-c3ccccn3)n2)s1. The van der Waals surface area contributed by atoms with Crippen molar-refractivity contribution in [1.29, 1.82) is 0 Å². The predicted molar refractivity (Wildman–Crippen MR) is 114 cm³/mol. The summed E-state index contributed by atoms with van der Waals surface area (Å²) in [5.74, 6) is 0.127. The van der Waals surface area contributed by atoms with E-state index >= 15 is 0 Å². The number of nitrogens with zero attached hydrogens (tertiary/aromatic N) is 4. The molecule has 1 aromatic carbocycles. The first-order valence-electron chi connectivity index (χ1n) is 9.03. The third kappa shape index (κ3) is 4.75. The van der Waals surface area contributed by atoms with Gasteiger partial charge in [-0.2, -0.15) is 0 Å². The molecule has 3 heterocycles. The van der Waals surface area contributed by atoms with Gasteiger partial charge in [-0.3, -0.25) is 4.98 Å². The number of thiazole rings is 1. The van der Waals surface area contributed by atoms with Crippen molar-refractivity contribution in [2.24, 2.45) is 0 Å². The van der Waals surface area contributed by atoms with Gasteiger partial charge in [-0.05, 0) is 55.7 Å². The molecule has 0 aliphatic rings. The number of benzene rings is 1. The second kappa shape index (κ2) is 8.63. The highest BCUT2D eigenvalue weighted by molar-refractivity contribution is 7.15. The second-order valence-corrected chi connectivity index (χ2v) is 7.98. The summed E-state index contributed by atoms with van der Waals surface area (Å²) in [5, 5.41) is 0.884. The number of nitrogens with two attached hydrogens (primary N) is 1. The Hall–Kier alpha value is -2.90. The molecule has 2 N–H and O–H groups in total. The van der Waals surface area contributed by atoms with Crippen LogP contribution in [0, 0.1) is 5.82 Å². The molecule has 0 saturated carbocycles. The molecule has 4 rings (SSSR count). The molecule has 0 saturated heterocycles. The van der Waals surface area contributed by atoms with Gasteiger partial charge in [0.1, 0.15) is 11.5 Å². The first kappa shape index (κ1) is 19.4. The molecule has 0 radical (unpaired) electrons. The molecule has 0 spiro atoms. The van der Waals surface area contributed by atoms with Crippen molar-refractivity contribution < 1.29 is 4.39 Å². The number of hydrogen-bond donors (Lipinski definition) is 1. The van der Waals surface area contributed by atoms with Crippen LogP contribution in [0.15, 0.2) is 54.9 Å². The number of rotatable bonds is 6. The van der Waals surface area contributed by atoms with Gasteiger partial charge in [0.15, 0.2) is 11.0 Å². The Labute approximate surface area is 176 Å². The fraction of sp³-hybridized carbons (Fsp3) is 0.143. The van der Waals surface area contributed by atoms with E-state index in [0.29, 0.717) is 32.9 Å². The van der Waals surface area contributed by atoms with Crippen LogP contribution in [-0.2, 0) is 12.8 Å². The van der Waals surface area contributed by atoms with Gasteiger partial charge in [0.2, 0.25) is 0 Å². The third-order valence-corrected chi connectivity index (χ3v) is 5.51. The summed E-state index contributed by atoms with van der Waals surface area (Å²) >= 11 is 7.77. The minimum atomic E-state index is -0.387. The van der Waals surface area contributed by atoms with Crippen LogP contribution in [-0.4, -0.2) is 19.9 Å². The van der Waals surface area contributed by atoms with E-state index in [1.54, 1.807) is 12.3 Å². The predicted octanol–water partition coefficient (Wildman–Crippen LogP) is 5.21. The molecular formula is C21H17ClFN5S. The highest BCUT2D eigenvalue weighted by atomic mass is 35.5. The van der Waals surface area contributed by atoms with Crippen LogP contribution < -0.4 is 5.73 Å². The molecule has 0 aliphatic carbocycles. The van der Waals surface area contributed by atoms with E-state index in [2.05, 4.69) is 19.9 Å². The average Bonchev–Trinajstić information content (AvgIpc) is 3.13. The van der Waals surface area contributed by atoms with Crippen LogP contribution in [0.1, 0.15) is 17.0 Å². The monoisotopic (exact) mass is 425 g/mol. The summed E-state index contributed by atoms with van der Waals surface area (Å²) in [6.07, 6.45) is 6.00. The van der Waals surface area contributed by atoms with Gasteiger partial charge >= 0.3 is 0 Å².